The van der Waals surface area contributed by atoms with Crippen LogP contribution in [-0.2, 0) is 27.5 Å². The Hall–Kier alpha value is -4.79. The van der Waals surface area contributed by atoms with Crippen molar-refractivity contribution >= 4 is 38.9 Å². The van der Waals surface area contributed by atoms with Crippen LogP contribution in [0.3, 0.4) is 0 Å². The van der Waals surface area contributed by atoms with Crippen molar-refractivity contribution in [3.05, 3.63) is 84.2 Å². The molecule has 2 amide bonds. The first kappa shape index (κ1) is 27.8. The Morgan fingerprint density at radius 1 is 1.10 bits per heavy atom. The Kier molecular flexibility index (Phi) is 7.21. The molecule has 0 saturated carbocycles. The number of amides is 2. The lowest BCUT2D eigenvalue weighted by Crippen LogP contribution is -2.45. The van der Waals surface area contributed by atoms with E-state index in [1.807, 2.05) is 12.1 Å². The van der Waals surface area contributed by atoms with Crippen molar-refractivity contribution in [1.82, 2.24) is 14.9 Å². The minimum Gasteiger partial charge on any atom is -0.486 e. The third-order valence-corrected chi connectivity index (χ3v) is 8.06. The van der Waals surface area contributed by atoms with E-state index < -0.39 is 51.3 Å². The quantitative estimate of drug-likeness (QED) is 0.295. The first-order valence-electron chi connectivity index (χ1n) is 12.1. The number of rotatable bonds is 7. The molecule has 0 saturated heterocycles. The summed E-state index contributed by atoms with van der Waals surface area (Å²) in [5.74, 6) is -0.461. The second kappa shape index (κ2) is 10.6. The average molecular weight is 590 g/mol. The van der Waals surface area contributed by atoms with Crippen molar-refractivity contribution in [3.63, 3.8) is 0 Å². The first-order valence-corrected chi connectivity index (χ1v) is 13.5. The van der Waals surface area contributed by atoms with Gasteiger partial charge in [-0.15, -0.1) is 0 Å². The second-order valence-electron chi connectivity index (χ2n) is 9.10. The van der Waals surface area contributed by atoms with Crippen LogP contribution in [0.5, 0.6) is 5.75 Å². The Morgan fingerprint density at radius 2 is 1.90 bits per heavy atom. The van der Waals surface area contributed by atoms with Gasteiger partial charge in [0.1, 0.15) is 11.9 Å². The molecule has 1 aliphatic rings. The highest BCUT2D eigenvalue weighted by Crippen LogP contribution is 2.40. The number of benzene rings is 2. The summed E-state index contributed by atoms with van der Waals surface area (Å²) in [6, 6.07) is 12.6. The Bertz CT molecular complexity index is 1740. The van der Waals surface area contributed by atoms with E-state index in [0.29, 0.717) is 6.07 Å². The van der Waals surface area contributed by atoms with Crippen LogP contribution >= 0.6 is 0 Å². The molecule has 0 spiro atoms. The van der Waals surface area contributed by atoms with E-state index in [-0.39, 0.29) is 30.1 Å². The molecular formula is C26H22F3N5O6S. The number of ether oxygens (including phenoxy) is 1. The highest BCUT2D eigenvalue weighted by Gasteiger charge is 2.37. The van der Waals surface area contributed by atoms with Gasteiger partial charge < -0.3 is 15.2 Å². The van der Waals surface area contributed by atoms with Crippen molar-refractivity contribution in [3.8, 4) is 5.75 Å². The van der Waals surface area contributed by atoms with Crippen LogP contribution in [0.15, 0.2) is 78.0 Å². The molecule has 0 radical (unpaired) electrons. The van der Waals surface area contributed by atoms with E-state index in [9.17, 15) is 31.2 Å². The van der Waals surface area contributed by atoms with Gasteiger partial charge in [-0.25, -0.2) is 17.7 Å². The Labute approximate surface area is 231 Å². The number of fused-ring (bicyclic) bond motifs is 2. The summed E-state index contributed by atoms with van der Waals surface area (Å²) >= 11 is 0. The molecule has 4 aromatic rings. The van der Waals surface area contributed by atoms with E-state index >= 15 is 0 Å². The summed E-state index contributed by atoms with van der Waals surface area (Å²) in [6.45, 7) is -0.279. The molecule has 1 aliphatic heterocycles. The third-order valence-electron chi connectivity index (χ3n) is 6.29. The van der Waals surface area contributed by atoms with Crippen molar-refractivity contribution < 1.29 is 41.0 Å². The minimum absolute atomic E-state index is 0.00293. The van der Waals surface area contributed by atoms with Gasteiger partial charge in [0.15, 0.2) is 0 Å². The molecule has 5 rings (SSSR count). The van der Waals surface area contributed by atoms with Crippen LogP contribution in [0.25, 0.3) is 5.52 Å². The summed E-state index contributed by atoms with van der Waals surface area (Å²) in [5.41, 5.74) is 0.295. The highest BCUT2D eigenvalue weighted by atomic mass is 32.2. The zero-order valence-corrected chi connectivity index (χ0v) is 21.8. The van der Waals surface area contributed by atoms with E-state index in [4.69, 9.17) is 9.84 Å². The molecule has 3 heterocycles. The lowest BCUT2D eigenvalue weighted by Gasteiger charge is -2.35. The third kappa shape index (κ3) is 5.89. The molecule has 0 bridgehead atoms. The summed E-state index contributed by atoms with van der Waals surface area (Å²) in [5, 5.41) is 18.1. The van der Waals surface area contributed by atoms with Crippen LogP contribution in [0, 0.1) is 0 Å². The number of alkyl halides is 3. The average Bonchev–Trinajstić information content (AvgIpc) is 3.34. The van der Waals surface area contributed by atoms with Gasteiger partial charge in [-0.3, -0.25) is 14.4 Å². The molecule has 2 aromatic carbocycles. The van der Waals surface area contributed by atoms with Gasteiger partial charge in [-0.2, -0.15) is 18.3 Å². The van der Waals surface area contributed by atoms with Gasteiger partial charge in [0.25, 0.3) is 10.0 Å². The molecule has 3 N–H and O–H groups in total. The van der Waals surface area contributed by atoms with Gasteiger partial charge in [-0.1, -0.05) is 12.1 Å². The predicted molar refractivity (Wildman–Crippen MR) is 140 cm³/mol. The fraction of sp³-hybridized carbons (Fsp3) is 0.192. The van der Waals surface area contributed by atoms with E-state index in [0.717, 1.165) is 33.6 Å². The van der Waals surface area contributed by atoms with Gasteiger partial charge in [0.05, 0.1) is 40.8 Å². The van der Waals surface area contributed by atoms with E-state index in [1.165, 1.54) is 18.2 Å². The first-order chi connectivity index (χ1) is 19.4. The standard InChI is InChI=1S/C26H22F3N5O6S/c27-26(28,29)17-4-3-5-20(10-17)41(38,39)34-15-19(40-23-8-7-18(11-22(23)34)32-25(36)37)12-24(35)30-13-16-14-31-33-9-2-1-6-21(16)33/h1-11,14,19,32H,12-13,15H2,(H,30,35)(H,36,37). The number of aromatic nitrogens is 2. The molecule has 1 unspecified atom stereocenters. The van der Waals surface area contributed by atoms with Crippen LogP contribution < -0.4 is 19.7 Å². The van der Waals surface area contributed by atoms with Crippen molar-refractivity contribution in [2.45, 2.75) is 30.1 Å². The normalized spacial score (nSPS) is 15.2. The van der Waals surface area contributed by atoms with E-state index in [1.54, 1.807) is 23.0 Å². The van der Waals surface area contributed by atoms with Crippen LogP contribution in [0.4, 0.5) is 29.3 Å². The van der Waals surface area contributed by atoms with Gasteiger partial charge in [0.2, 0.25) is 5.91 Å². The molecule has 214 valence electrons. The second-order valence-corrected chi connectivity index (χ2v) is 11.0. The molecule has 2 aromatic heterocycles. The highest BCUT2D eigenvalue weighted by molar-refractivity contribution is 7.92. The number of carboxylic acid groups (broad SMARTS) is 1. The zero-order chi connectivity index (χ0) is 29.4. The smallest absolute Gasteiger partial charge is 0.416 e. The van der Waals surface area contributed by atoms with Crippen LogP contribution in [0.2, 0.25) is 0 Å². The predicted octanol–water partition coefficient (Wildman–Crippen LogP) is 4.11. The fourth-order valence-corrected chi connectivity index (χ4v) is 5.95. The number of hydrogen-bond acceptors (Lipinski definition) is 6. The lowest BCUT2D eigenvalue weighted by atomic mass is 10.1. The number of sulfonamides is 1. The lowest BCUT2D eigenvalue weighted by molar-refractivity contribution is -0.137. The van der Waals surface area contributed by atoms with Gasteiger partial charge in [-0.05, 0) is 48.5 Å². The Morgan fingerprint density at radius 3 is 2.66 bits per heavy atom. The monoisotopic (exact) mass is 589 g/mol. The van der Waals surface area contributed by atoms with Crippen LogP contribution in [-0.4, -0.2) is 47.8 Å². The number of pyridine rings is 1. The molecule has 41 heavy (non-hydrogen) atoms. The number of carbonyl (C=O) groups excluding carboxylic acids is 1. The maximum atomic E-state index is 13.7. The molecule has 11 nitrogen and oxygen atoms in total. The van der Waals surface area contributed by atoms with Crippen molar-refractivity contribution in [2.75, 3.05) is 16.2 Å². The molecule has 15 heteroatoms. The molecule has 0 fully saturated rings. The molecular weight excluding hydrogens is 567 g/mol. The van der Waals surface area contributed by atoms with E-state index in [2.05, 4.69) is 15.7 Å². The maximum Gasteiger partial charge on any atom is 0.416 e. The number of halogens is 3. The summed E-state index contributed by atoms with van der Waals surface area (Å²) in [4.78, 5) is 23.3. The van der Waals surface area contributed by atoms with Gasteiger partial charge in [0, 0.05) is 24.0 Å². The fourth-order valence-electron chi connectivity index (χ4n) is 4.40. The summed E-state index contributed by atoms with van der Waals surface area (Å²) in [6.07, 6.45) is -4.11. The van der Waals surface area contributed by atoms with Crippen molar-refractivity contribution in [1.29, 1.82) is 0 Å². The Balaban J connectivity index is 1.41. The van der Waals surface area contributed by atoms with Gasteiger partial charge >= 0.3 is 12.3 Å². The number of nitrogens with zero attached hydrogens (tertiary/aromatic N) is 3. The molecule has 1 atom stereocenters. The van der Waals surface area contributed by atoms with Crippen LogP contribution in [0.1, 0.15) is 17.5 Å². The zero-order valence-electron chi connectivity index (χ0n) is 21.0. The molecule has 0 aliphatic carbocycles. The summed E-state index contributed by atoms with van der Waals surface area (Å²) < 4.78 is 75.7. The maximum absolute atomic E-state index is 13.7. The SMILES string of the molecule is O=C(O)Nc1ccc2c(c1)N(S(=O)(=O)c1cccc(C(F)(F)F)c1)CC(CC(=O)NCc1cnn3ccccc13)O2. The van der Waals surface area contributed by atoms with Crippen molar-refractivity contribution in [2.24, 2.45) is 0 Å². The number of carbonyl (C=O) groups is 2. The largest absolute Gasteiger partial charge is 0.486 e. The number of hydrogen-bond donors (Lipinski definition) is 3. The minimum atomic E-state index is -4.78. The number of nitrogens with one attached hydrogen (secondary N) is 2. The topological polar surface area (TPSA) is 142 Å². The number of anilines is 2. The summed E-state index contributed by atoms with van der Waals surface area (Å²) in [7, 11) is -4.61.